The van der Waals surface area contributed by atoms with Crippen LogP contribution in [0.25, 0.3) is 21.7 Å². The zero-order chi connectivity index (χ0) is 20.0. The molecule has 1 aromatic carbocycles. The fraction of sp³-hybridized carbons (Fsp3) is 0.273. The van der Waals surface area contributed by atoms with Gasteiger partial charge in [-0.15, -0.1) is 11.3 Å². The van der Waals surface area contributed by atoms with E-state index in [1.165, 1.54) is 12.3 Å². The van der Waals surface area contributed by atoms with E-state index < -0.39 is 11.4 Å². The third-order valence-corrected chi connectivity index (χ3v) is 6.26. The zero-order valence-corrected chi connectivity index (χ0v) is 16.7. The van der Waals surface area contributed by atoms with Crippen LogP contribution in [-0.4, -0.2) is 22.8 Å². The molecular formula is C22H21NO4S. The van der Waals surface area contributed by atoms with Crippen LogP contribution in [-0.2, 0) is 6.42 Å². The fourth-order valence-corrected chi connectivity index (χ4v) is 4.65. The van der Waals surface area contributed by atoms with Crippen molar-refractivity contribution < 1.29 is 14.6 Å². The number of ether oxygens (including phenoxy) is 1. The van der Waals surface area contributed by atoms with Crippen molar-refractivity contribution >= 4 is 17.3 Å². The minimum atomic E-state index is -1.20. The van der Waals surface area contributed by atoms with Crippen molar-refractivity contribution in [3.8, 4) is 27.4 Å². The lowest BCUT2D eigenvalue weighted by atomic mass is 9.86. The van der Waals surface area contributed by atoms with Crippen molar-refractivity contribution in [1.82, 2.24) is 4.57 Å². The van der Waals surface area contributed by atoms with Crippen molar-refractivity contribution in [2.24, 2.45) is 5.92 Å². The molecule has 0 spiro atoms. The summed E-state index contributed by atoms with van der Waals surface area (Å²) in [5.74, 6) is -0.173. The van der Waals surface area contributed by atoms with Crippen LogP contribution in [0.1, 0.15) is 35.8 Å². The molecule has 0 bridgehead atoms. The van der Waals surface area contributed by atoms with Gasteiger partial charge in [-0.05, 0) is 41.5 Å². The number of hydrogen-bond donors (Lipinski definition) is 1. The number of rotatable bonds is 4. The summed E-state index contributed by atoms with van der Waals surface area (Å²) in [5.41, 5.74) is 3.17. The third-order valence-electron chi connectivity index (χ3n) is 5.35. The number of benzene rings is 1. The molecular weight excluding hydrogens is 374 g/mol. The minimum absolute atomic E-state index is 0.0748. The average Bonchev–Trinajstić information content (AvgIpc) is 3.20. The second kappa shape index (κ2) is 6.95. The van der Waals surface area contributed by atoms with Crippen molar-refractivity contribution in [3.05, 3.63) is 63.3 Å². The molecule has 2 aromatic heterocycles. The Morgan fingerprint density at radius 2 is 2.07 bits per heavy atom. The van der Waals surface area contributed by atoms with Gasteiger partial charge < -0.3 is 14.4 Å². The van der Waals surface area contributed by atoms with Crippen LogP contribution in [0.15, 0.2) is 46.7 Å². The number of pyridine rings is 1. The Morgan fingerprint density at radius 3 is 2.68 bits per heavy atom. The number of carbonyl (C=O) groups is 1. The molecule has 1 unspecified atom stereocenters. The smallest absolute Gasteiger partial charge is 0.341 e. The van der Waals surface area contributed by atoms with Gasteiger partial charge in [0, 0.05) is 34.3 Å². The van der Waals surface area contributed by atoms with E-state index in [1.54, 1.807) is 18.4 Å². The summed E-state index contributed by atoms with van der Waals surface area (Å²) in [7, 11) is 1.64. The first-order valence-electron chi connectivity index (χ1n) is 9.15. The second-order valence-corrected chi connectivity index (χ2v) is 8.30. The molecule has 1 aliphatic heterocycles. The van der Waals surface area contributed by atoms with E-state index in [2.05, 4.69) is 26.0 Å². The number of methoxy groups -OCH3 is 1. The Bertz CT molecular complexity index is 1110. The summed E-state index contributed by atoms with van der Waals surface area (Å²) in [5, 5.41) is 11.4. The topological polar surface area (TPSA) is 68.5 Å². The van der Waals surface area contributed by atoms with Gasteiger partial charge in [-0.25, -0.2) is 4.79 Å². The molecule has 144 valence electrons. The van der Waals surface area contributed by atoms with E-state index >= 15 is 0 Å². The van der Waals surface area contributed by atoms with Crippen LogP contribution < -0.4 is 10.2 Å². The highest BCUT2D eigenvalue weighted by atomic mass is 32.1. The molecule has 0 saturated carbocycles. The van der Waals surface area contributed by atoms with Crippen LogP contribution in [0.4, 0.5) is 0 Å². The van der Waals surface area contributed by atoms with Gasteiger partial charge in [-0.1, -0.05) is 19.9 Å². The molecule has 0 amide bonds. The molecule has 1 aliphatic rings. The predicted molar refractivity (Wildman–Crippen MR) is 111 cm³/mol. The number of aromatic nitrogens is 1. The lowest BCUT2D eigenvalue weighted by Gasteiger charge is -2.34. The quantitative estimate of drug-likeness (QED) is 0.695. The third kappa shape index (κ3) is 2.94. The maximum atomic E-state index is 12.4. The van der Waals surface area contributed by atoms with Gasteiger partial charge in [-0.3, -0.25) is 4.79 Å². The molecule has 4 rings (SSSR count). The predicted octanol–water partition coefficient (Wildman–Crippen LogP) is 4.70. The maximum absolute atomic E-state index is 12.4. The minimum Gasteiger partial charge on any atom is -0.496 e. The largest absolute Gasteiger partial charge is 0.496 e. The number of carboxylic acid groups (broad SMARTS) is 1. The van der Waals surface area contributed by atoms with Crippen LogP contribution in [0.3, 0.4) is 0 Å². The van der Waals surface area contributed by atoms with Gasteiger partial charge in [0.1, 0.15) is 11.3 Å². The van der Waals surface area contributed by atoms with Gasteiger partial charge in [0.05, 0.1) is 12.8 Å². The molecule has 3 heterocycles. The van der Waals surface area contributed by atoms with Crippen LogP contribution in [0, 0.1) is 5.92 Å². The highest BCUT2D eigenvalue weighted by Crippen LogP contribution is 2.43. The molecule has 0 aliphatic carbocycles. The van der Waals surface area contributed by atoms with E-state index in [1.807, 2.05) is 22.1 Å². The molecule has 3 aromatic rings. The fourth-order valence-electron chi connectivity index (χ4n) is 3.91. The zero-order valence-electron chi connectivity index (χ0n) is 15.9. The van der Waals surface area contributed by atoms with Gasteiger partial charge in [0.2, 0.25) is 0 Å². The lowest BCUT2D eigenvalue weighted by Crippen LogP contribution is -2.28. The number of thiophene rings is 1. The van der Waals surface area contributed by atoms with Crippen molar-refractivity contribution in [3.63, 3.8) is 0 Å². The van der Waals surface area contributed by atoms with Gasteiger partial charge in [-0.2, -0.15) is 0 Å². The molecule has 1 N–H and O–H groups in total. The van der Waals surface area contributed by atoms with E-state index in [0.717, 1.165) is 39.4 Å². The Morgan fingerprint density at radius 1 is 1.29 bits per heavy atom. The highest BCUT2D eigenvalue weighted by Gasteiger charge is 2.29. The summed E-state index contributed by atoms with van der Waals surface area (Å²) in [6.07, 6.45) is 2.26. The molecule has 6 heteroatoms. The molecule has 0 radical (unpaired) electrons. The summed E-state index contributed by atoms with van der Waals surface area (Å²) in [6.45, 7) is 4.23. The van der Waals surface area contributed by atoms with E-state index in [9.17, 15) is 14.7 Å². The number of aromatic carboxylic acids is 1. The van der Waals surface area contributed by atoms with Gasteiger partial charge >= 0.3 is 5.97 Å². The standard InChI is InChI=1S/C22H21NO4S/c1-12(2)17-8-13-7-15(21-5-4-6-28-21)20(27-3)9-14(13)18-10-19(24)16(22(25)26)11-23(17)18/h4-7,9-12,17H,8H2,1-3H3,(H,25,26). The molecule has 0 fully saturated rings. The maximum Gasteiger partial charge on any atom is 0.341 e. The monoisotopic (exact) mass is 395 g/mol. The summed E-state index contributed by atoms with van der Waals surface area (Å²) >= 11 is 1.66. The Hall–Kier alpha value is -2.86. The highest BCUT2D eigenvalue weighted by molar-refractivity contribution is 7.13. The normalized spacial score (nSPS) is 15.2. The molecule has 1 atom stereocenters. The lowest BCUT2D eigenvalue weighted by molar-refractivity contribution is 0.0694. The van der Waals surface area contributed by atoms with Crippen LogP contribution >= 0.6 is 11.3 Å². The van der Waals surface area contributed by atoms with E-state index in [-0.39, 0.29) is 17.5 Å². The molecule has 0 saturated heterocycles. The summed E-state index contributed by atoms with van der Waals surface area (Å²) in [6, 6.07) is 9.71. The number of nitrogens with zero attached hydrogens (tertiary/aromatic N) is 1. The van der Waals surface area contributed by atoms with E-state index in [4.69, 9.17) is 4.74 Å². The molecule has 28 heavy (non-hydrogen) atoms. The van der Waals surface area contributed by atoms with Crippen LogP contribution in [0.2, 0.25) is 0 Å². The van der Waals surface area contributed by atoms with Gasteiger partial charge in [0.15, 0.2) is 5.43 Å². The van der Waals surface area contributed by atoms with Crippen molar-refractivity contribution in [1.29, 1.82) is 0 Å². The first kappa shape index (κ1) is 18.5. The number of hydrogen-bond acceptors (Lipinski definition) is 4. The molecule has 5 nitrogen and oxygen atoms in total. The Balaban J connectivity index is 1.99. The van der Waals surface area contributed by atoms with Crippen molar-refractivity contribution in [2.75, 3.05) is 7.11 Å². The van der Waals surface area contributed by atoms with E-state index in [0.29, 0.717) is 0 Å². The van der Waals surface area contributed by atoms with Gasteiger partial charge in [0.25, 0.3) is 0 Å². The summed E-state index contributed by atoms with van der Waals surface area (Å²) in [4.78, 5) is 25.0. The first-order valence-corrected chi connectivity index (χ1v) is 10.0. The second-order valence-electron chi connectivity index (χ2n) is 7.35. The Labute approximate surface area is 166 Å². The van der Waals surface area contributed by atoms with Crippen LogP contribution in [0.5, 0.6) is 5.75 Å². The SMILES string of the molecule is COc1cc2c(cc1-c1cccs1)CC(C(C)C)n1cc(C(=O)O)c(=O)cc1-2. The number of fused-ring (bicyclic) bond motifs is 3. The average molecular weight is 395 g/mol. The Kier molecular flexibility index (Phi) is 4.59. The number of carboxylic acids is 1. The summed E-state index contributed by atoms with van der Waals surface area (Å²) < 4.78 is 7.59. The van der Waals surface area contributed by atoms with Crippen molar-refractivity contribution in [2.45, 2.75) is 26.3 Å². The first-order chi connectivity index (χ1) is 13.4.